The Bertz CT molecular complexity index is 849. The van der Waals surface area contributed by atoms with Crippen molar-refractivity contribution in [2.75, 3.05) is 0 Å². The maximum absolute atomic E-state index is 6.21. The molecule has 21 heavy (non-hydrogen) atoms. The van der Waals surface area contributed by atoms with Crippen LogP contribution in [0.1, 0.15) is 4.88 Å². The first-order chi connectivity index (χ1) is 10.1. The highest BCUT2D eigenvalue weighted by Gasteiger charge is 2.12. The Morgan fingerprint density at radius 2 is 2.19 bits per heavy atom. The van der Waals surface area contributed by atoms with Gasteiger partial charge in [-0.1, -0.05) is 29.3 Å². The summed E-state index contributed by atoms with van der Waals surface area (Å²) in [5.41, 5.74) is 0.705. The van der Waals surface area contributed by atoms with Crippen LogP contribution >= 0.6 is 46.8 Å². The Morgan fingerprint density at radius 1 is 1.33 bits per heavy atom. The lowest BCUT2D eigenvalue weighted by Gasteiger charge is -2.03. The molecule has 2 heterocycles. The van der Waals surface area contributed by atoms with Gasteiger partial charge in [0.05, 0.1) is 11.2 Å². The van der Waals surface area contributed by atoms with Crippen molar-refractivity contribution in [2.24, 2.45) is 5.10 Å². The molecule has 2 aromatic heterocycles. The third kappa shape index (κ3) is 3.08. The van der Waals surface area contributed by atoms with E-state index in [-0.39, 0.29) is 0 Å². The van der Waals surface area contributed by atoms with Gasteiger partial charge < -0.3 is 0 Å². The van der Waals surface area contributed by atoms with Crippen LogP contribution in [0.15, 0.2) is 40.8 Å². The van der Waals surface area contributed by atoms with Crippen LogP contribution in [-0.2, 0) is 0 Å². The van der Waals surface area contributed by atoms with E-state index in [1.807, 2.05) is 17.5 Å². The molecule has 0 fully saturated rings. The fraction of sp³-hybridized carbons (Fsp3) is 0. The maximum atomic E-state index is 6.21. The predicted molar refractivity (Wildman–Crippen MR) is 90.2 cm³/mol. The van der Waals surface area contributed by atoms with Gasteiger partial charge in [0.2, 0.25) is 4.77 Å². The standard InChI is InChI=1S/C13H8Cl2N4S2/c14-8-3-4-10(11(15)6-8)12-17-18-13(20)19(12)16-7-9-2-1-5-21-9/h1-7H,(H,18,20). The van der Waals surface area contributed by atoms with Crippen molar-refractivity contribution in [1.29, 1.82) is 0 Å². The largest absolute Gasteiger partial charge is 0.250 e. The van der Waals surface area contributed by atoms with E-state index in [1.54, 1.807) is 35.8 Å². The van der Waals surface area contributed by atoms with E-state index in [9.17, 15) is 0 Å². The summed E-state index contributed by atoms with van der Waals surface area (Å²) in [4.78, 5) is 1.02. The Balaban J connectivity index is 2.06. The molecule has 0 bridgehead atoms. The van der Waals surface area contributed by atoms with Gasteiger partial charge in [0.15, 0.2) is 5.82 Å². The fourth-order valence-corrected chi connectivity index (χ4v) is 2.97. The summed E-state index contributed by atoms with van der Waals surface area (Å²) >= 11 is 18.9. The van der Waals surface area contributed by atoms with Crippen LogP contribution in [0.2, 0.25) is 10.0 Å². The number of hydrogen-bond acceptors (Lipinski definition) is 4. The van der Waals surface area contributed by atoms with Crippen molar-refractivity contribution in [3.8, 4) is 11.4 Å². The number of aromatic amines is 1. The second-order valence-corrected chi connectivity index (χ2v) is 6.26. The fourth-order valence-electron chi connectivity index (χ4n) is 1.72. The molecule has 1 N–H and O–H groups in total. The first-order valence-electron chi connectivity index (χ1n) is 5.86. The predicted octanol–water partition coefficient (Wildman–Crippen LogP) is 4.86. The summed E-state index contributed by atoms with van der Waals surface area (Å²) in [5, 5.41) is 14.3. The summed E-state index contributed by atoms with van der Waals surface area (Å²) < 4.78 is 1.92. The zero-order chi connectivity index (χ0) is 14.8. The summed E-state index contributed by atoms with van der Waals surface area (Å²) in [6.07, 6.45) is 1.73. The van der Waals surface area contributed by atoms with Crippen LogP contribution in [0.25, 0.3) is 11.4 Å². The van der Waals surface area contributed by atoms with E-state index < -0.39 is 0 Å². The molecular weight excluding hydrogens is 347 g/mol. The molecule has 0 atom stereocenters. The van der Waals surface area contributed by atoms with Gasteiger partial charge in [-0.05, 0) is 41.9 Å². The minimum absolute atomic E-state index is 0.392. The van der Waals surface area contributed by atoms with Crippen LogP contribution in [0.3, 0.4) is 0 Å². The number of nitrogens with one attached hydrogen (secondary N) is 1. The highest BCUT2D eigenvalue weighted by atomic mass is 35.5. The third-order valence-corrected chi connectivity index (χ3v) is 4.29. The van der Waals surface area contributed by atoms with Crippen molar-refractivity contribution < 1.29 is 0 Å². The van der Waals surface area contributed by atoms with Crippen molar-refractivity contribution in [2.45, 2.75) is 0 Å². The molecule has 106 valence electrons. The van der Waals surface area contributed by atoms with Gasteiger partial charge in [0.25, 0.3) is 0 Å². The van der Waals surface area contributed by atoms with Gasteiger partial charge in [-0.25, -0.2) is 5.10 Å². The zero-order valence-corrected chi connectivity index (χ0v) is 13.6. The van der Waals surface area contributed by atoms with E-state index in [0.717, 1.165) is 4.88 Å². The van der Waals surface area contributed by atoms with Crippen LogP contribution in [-0.4, -0.2) is 21.1 Å². The van der Waals surface area contributed by atoms with Crippen molar-refractivity contribution >= 4 is 53.0 Å². The molecule has 0 radical (unpaired) electrons. The lowest BCUT2D eigenvalue weighted by atomic mass is 10.2. The summed E-state index contributed by atoms with van der Waals surface area (Å²) in [7, 11) is 0. The lowest BCUT2D eigenvalue weighted by Crippen LogP contribution is -1.95. The number of benzene rings is 1. The van der Waals surface area contributed by atoms with Gasteiger partial charge in [-0.15, -0.1) is 11.3 Å². The lowest BCUT2D eigenvalue weighted by molar-refractivity contribution is 0.872. The minimum atomic E-state index is 0.392. The molecule has 0 amide bonds. The average molecular weight is 355 g/mol. The van der Waals surface area contributed by atoms with Gasteiger partial charge >= 0.3 is 0 Å². The highest BCUT2D eigenvalue weighted by molar-refractivity contribution is 7.71. The van der Waals surface area contributed by atoms with E-state index in [0.29, 0.717) is 26.2 Å². The Kier molecular flexibility index (Phi) is 4.21. The number of aromatic nitrogens is 3. The van der Waals surface area contributed by atoms with E-state index in [2.05, 4.69) is 15.3 Å². The molecule has 0 aliphatic heterocycles. The average Bonchev–Trinajstić information content (AvgIpc) is 3.07. The molecule has 4 nitrogen and oxygen atoms in total. The first-order valence-corrected chi connectivity index (χ1v) is 7.90. The second-order valence-electron chi connectivity index (χ2n) is 4.05. The third-order valence-electron chi connectivity index (χ3n) is 2.67. The molecule has 0 aliphatic rings. The Morgan fingerprint density at radius 3 is 2.90 bits per heavy atom. The van der Waals surface area contributed by atoms with Crippen molar-refractivity contribution in [3.05, 3.63) is 55.4 Å². The van der Waals surface area contributed by atoms with E-state index >= 15 is 0 Å². The molecule has 0 saturated heterocycles. The minimum Gasteiger partial charge on any atom is -0.250 e. The number of halogens is 2. The number of rotatable bonds is 3. The van der Waals surface area contributed by atoms with E-state index in [4.69, 9.17) is 35.4 Å². The number of thiophene rings is 1. The topological polar surface area (TPSA) is 46.0 Å². The molecule has 1 aromatic carbocycles. The van der Waals surface area contributed by atoms with Crippen LogP contribution < -0.4 is 0 Å². The molecule has 0 spiro atoms. The molecule has 3 rings (SSSR count). The Hall–Kier alpha value is -1.47. The molecule has 8 heteroatoms. The van der Waals surface area contributed by atoms with Gasteiger partial charge in [0.1, 0.15) is 0 Å². The van der Waals surface area contributed by atoms with Crippen molar-refractivity contribution in [3.63, 3.8) is 0 Å². The van der Waals surface area contributed by atoms with Crippen LogP contribution in [0.5, 0.6) is 0 Å². The Labute approximate surface area is 139 Å². The van der Waals surface area contributed by atoms with Gasteiger partial charge in [-0.3, -0.25) is 0 Å². The quantitative estimate of drug-likeness (QED) is 0.539. The number of hydrogen-bond donors (Lipinski definition) is 1. The van der Waals surface area contributed by atoms with Crippen LogP contribution in [0, 0.1) is 4.77 Å². The second kappa shape index (κ2) is 6.11. The van der Waals surface area contributed by atoms with Crippen molar-refractivity contribution in [1.82, 2.24) is 14.9 Å². The smallest absolute Gasteiger partial charge is 0.216 e. The monoisotopic (exact) mass is 354 g/mol. The number of nitrogens with zero attached hydrogens (tertiary/aromatic N) is 3. The molecule has 0 unspecified atom stereocenters. The summed E-state index contributed by atoms with van der Waals surface area (Å²) in [6, 6.07) is 9.11. The normalized spacial score (nSPS) is 11.3. The van der Waals surface area contributed by atoms with Crippen LogP contribution in [0.4, 0.5) is 0 Å². The SMILES string of the molecule is S=c1[nH]nc(-c2ccc(Cl)cc2Cl)n1N=Cc1cccs1. The first kappa shape index (κ1) is 14.5. The van der Waals surface area contributed by atoms with Gasteiger partial charge in [0, 0.05) is 15.5 Å². The number of H-pyrrole nitrogens is 1. The maximum Gasteiger partial charge on any atom is 0.216 e. The highest BCUT2D eigenvalue weighted by Crippen LogP contribution is 2.29. The summed E-state index contributed by atoms with van der Waals surface area (Å²) in [5.74, 6) is 0.537. The summed E-state index contributed by atoms with van der Waals surface area (Å²) in [6.45, 7) is 0. The molecular formula is C13H8Cl2N4S2. The van der Waals surface area contributed by atoms with Gasteiger partial charge in [-0.2, -0.15) is 14.9 Å². The molecule has 0 aliphatic carbocycles. The molecule has 3 aromatic rings. The zero-order valence-electron chi connectivity index (χ0n) is 10.5. The van der Waals surface area contributed by atoms with E-state index in [1.165, 1.54) is 4.68 Å². The molecule has 0 saturated carbocycles.